The van der Waals surface area contributed by atoms with Gasteiger partial charge in [-0.3, -0.25) is 4.72 Å². The third kappa shape index (κ3) is 2.99. The molecule has 0 unspecified atom stereocenters. The highest BCUT2D eigenvalue weighted by Gasteiger charge is 2.20. The Morgan fingerprint density at radius 3 is 2.53 bits per heavy atom. The number of aromatic nitrogens is 2. The number of nitrogens with zero attached hydrogens (tertiary/aromatic N) is 2. The van der Waals surface area contributed by atoms with Crippen LogP contribution in [0.3, 0.4) is 0 Å². The highest BCUT2D eigenvalue weighted by molar-refractivity contribution is 9.10. The maximum atomic E-state index is 13.2. The maximum absolute atomic E-state index is 13.2. The van der Waals surface area contributed by atoms with Crippen molar-refractivity contribution >= 4 is 37.3 Å². The molecule has 9 heteroatoms. The largest absolute Gasteiger partial charge is 0.396 e. The van der Waals surface area contributed by atoms with E-state index >= 15 is 0 Å². The topological polar surface area (TPSA) is 98.0 Å². The number of hydrogen-bond donors (Lipinski definition) is 2. The molecular weight excluding hydrogens is 339 g/mol. The lowest BCUT2D eigenvalue weighted by molar-refractivity contribution is 0.599. The van der Waals surface area contributed by atoms with Crippen LogP contribution in [0.25, 0.3) is 0 Å². The van der Waals surface area contributed by atoms with Crippen molar-refractivity contribution in [3.05, 3.63) is 41.1 Å². The summed E-state index contributed by atoms with van der Waals surface area (Å²) < 4.78 is 39.7. The summed E-state index contributed by atoms with van der Waals surface area (Å²) in [7, 11) is -3.91. The molecular formula is C10H8BrFN4O2S. The standard InChI is InChI=1S/C10H8BrFN4O2S/c11-7-1-8(12)9(13)2-10(7)19(17,18)16-6-3-14-5-15-4-6/h1-5,16H,13H2. The molecule has 0 fully saturated rings. The van der Waals surface area contributed by atoms with Gasteiger partial charge in [-0.2, -0.15) is 0 Å². The lowest BCUT2D eigenvalue weighted by atomic mass is 10.3. The summed E-state index contributed by atoms with van der Waals surface area (Å²) in [6.07, 6.45) is 3.86. The van der Waals surface area contributed by atoms with Gasteiger partial charge in [-0.15, -0.1) is 0 Å². The van der Waals surface area contributed by atoms with Crippen molar-refractivity contribution in [3.63, 3.8) is 0 Å². The number of nitrogens with one attached hydrogen (secondary N) is 1. The average Bonchev–Trinajstić information content (AvgIpc) is 2.34. The Bertz CT molecular complexity index is 709. The van der Waals surface area contributed by atoms with Crippen LogP contribution in [0.4, 0.5) is 15.8 Å². The first kappa shape index (κ1) is 13.7. The molecule has 0 radical (unpaired) electrons. The van der Waals surface area contributed by atoms with Gasteiger partial charge >= 0.3 is 0 Å². The molecule has 0 saturated carbocycles. The van der Waals surface area contributed by atoms with Crippen LogP contribution in [-0.2, 0) is 10.0 Å². The molecule has 1 aromatic heterocycles. The SMILES string of the molecule is Nc1cc(S(=O)(=O)Nc2cncnc2)c(Br)cc1F. The van der Waals surface area contributed by atoms with E-state index in [-0.39, 0.29) is 20.7 Å². The van der Waals surface area contributed by atoms with Crippen molar-refractivity contribution in [2.75, 3.05) is 10.5 Å². The molecule has 0 bridgehead atoms. The summed E-state index contributed by atoms with van der Waals surface area (Å²) in [5.41, 5.74) is 5.30. The highest BCUT2D eigenvalue weighted by atomic mass is 79.9. The van der Waals surface area contributed by atoms with Gasteiger partial charge in [0.05, 0.1) is 23.8 Å². The van der Waals surface area contributed by atoms with E-state index in [4.69, 9.17) is 5.73 Å². The zero-order chi connectivity index (χ0) is 14.0. The molecule has 2 rings (SSSR count). The van der Waals surface area contributed by atoms with Gasteiger partial charge in [-0.05, 0) is 28.1 Å². The number of sulfonamides is 1. The number of hydrogen-bond acceptors (Lipinski definition) is 5. The molecule has 19 heavy (non-hydrogen) atoms. The van der Waals surface area contributed by atoms with Gasteiger partial charge < -0.3 is 5.73 Å². The minimum Gasteiger partial charge on any atom is -0.396 e. The van der Waals surface area contributed by atoms with Gasteiger partial charge in [-0.1, -0.05) is 0 Å². The molecule has 0 aliphatic rings. The summed E-state index contributed by atoms with van der Waals surface area (Å²) in [6, 6.07) is 2.02. The second kappa shape index (κ2) is 5.10. The van der Waals surface area contributed by atoms with E-state index in [1.165, 1.54) is 18.7 Å². The van der Waals surface area contributed by atoms with Gasteiger partial charge in [0.15, 0.2) is 0 Å². The van der Waals surface area contributed by atoms with Crippen LogP contribution in [0.5, 0.6) is 0 Å². The second-order valence-electron chi connectivity index (χ2n) is 3.54. The Morgan fingerprint density at radius 1 is 1.26 bits per heavy atom. The number of anilines is 2. The van der Waals surface area contributed by atoms with Crippen molar-refractivity contribution in [1.29, 1.82) is 0 Å². The number of nitrogen functional groups attached to an aromatic ring is 1. The Labute approximate surface area is 117 Å². The van der Waals surface area contributed by atoms with Gasteiger partial charge in [0.25, 0.3) is 10.0 Å². The summed E-state index contributed by atoms with van der Waals surface area (Å²) in [6.45, 7) is 0. The molecule has 0 aliphatic heterocycles. The Kier molecular flexibility index (Phi) is 3.67. The number of rotatable bonds is 3. The first-order valence-electron chi connectivity index (χ1n) is 4.92. The number of halogens is 2. The minimum atomic E-state index is -3.91. The van der Waals surface area contributed by atoms with Crippen molar-refractivity contribution < 1.29 is 12.8 Å². The van der Waals surface area contributed by atoms with Crippen molar-refractivity contribution in [3.8, 4) is 0 Å². The van der Waals surface area contributed by atoms with E-state index in [0.29, 0.717) is 0 Å². The van der Waals surface area contributed by atoms with Gasteiger partial charge in [0, 0.05) is 4.47 Å². The highest BCUT2D eigenvalue weighted by Crippen LogP contribution is 2.28. The van der Waals surface area contributed by atoms with E-state index in [1.54, 1.807) is 0 Å². The van der Waals surface area contributed by atoms with Crippen LogP contribution in [-0.4, -0.2) is 18.4 Å². The quantitative estimate of drug-likeness (QED) is 0.825. The molecule has 0 saturated heterocycles. The van der Waals surface area contributed by atoms with E-state index in [1.807, 2.05) is 0 Å². The molecule has 6 nitrogen and oxygen atoms in total. The Balaban J connectivity index is 2.43. The summed E-state index contributed by atoms with van der Waals surface area (Å²) >= 11 is 2.98. The molecule has 100 valence electrons. The monoisotopic (exact) mass is 346 g/mol. The van der Waals surface area contributed by atoms with E-state index in [2.05, 4.69) is 30.6 Å². The Hall–Kier alpha value is -1.74. The number of nitrogens with two attached hydrogens (primary N) is 1. The molecule has 2 aromatic rings. The van der Waals surface area contributed by atoms with Crippen molar-refractivity contribution in [2.45, 2.75) is 4.90 Å². The zero-order valence-corrected chi connectivity index (χ0v) is 11.7. The molecule has 1 aromatic carbocycles. The molecule has 0 amide bonds. The summed E-state index contributed by atoms with van der Waals surface area (Å²) in [4.78, 5) is 7.19. The third-order valence-corrected chi connectivity index (χ3v) is 4.49. The number of benzene rings is 1. The van der Waals surface area contributed by atoms with Crippen LogP contribution in [0, 0.1) is 5.82 Å². The average molecular weight is 347 g/mol. The van der Waals surface area contributed by atoms with Crippen LogP contribution in [0.2, 0.25) is 0 Å². The molecule has 0 aliphatic carbocycles. The van der Waals surface area contributed by atoms with Crippen LogP contribution >= 0.6 is 15.9 Å². The second-order valence-corrected chi connectivity index (χ2v) is 6.04. The predicted octanol–water partition coefficient (Wildman–Crippen LogP) is 1.76. The van der Waals surface area contributed by atoms with Gasteiger partial charge in [0.1, 0.15) is 17.0 Å². The smallest absolute Gasteiger partial charge is 0.263 e. The van der Waals surface area contributed by atoms with E-state index < -0.39 is 15.8 Å². The molecule has 0 atom stereocenters. The fourth-order valence-corrected chi connectivity index (χ4v) is 3.39. The molecule has 1 heterocycles. The first-order chi connectivity index (χ1) is 8.90. The van der Waals surface area contributed by atoms with Crippen LogP contribution in [0.15, 0.2) is 40.2 Å². The van der Waals surface area contributed by atoms with Crippen molar-refractivity contribution in [1.82, 2.24) is 9.97 Å². The van der Waals surface area contributed by atoms with Crippen LogP contribution in [0.1, 0.15) is 0 Å². The fourth-order valence-electron chi connectivity index (χ4n) is 1.31. The zero-order valence-electron chi connectivity index (χ0n) is 9.34. The first-order valence-corrected chi connectivity index (χ1v) is 7.20. The van der Waals surface area contributed by atoms with E-state index in [0.717, 1.165) is 12.1 Å². The summed E-state index contributed by atoms with van der Waals surface area (Å²) in [5, 5.41) is 0. The van der Waals surface area contributed by atoms with Gasteiger partial charge in [-0.25, -0.2) is 22.8 Å². The maximum Gasteiger partial charge on any atom is 0.263 e. The predicted molar refractivity (Wildman–Crippen MR) is 71.4 cm³/mol. The van der Waals surface area contributed by atoms with Crippen LogP contribution < -0.4 is 10.5 Å². The Morgan fingerprint density at radius 2 is 1.89 bits per heavy atom. The van der Waals surface area contributed by atoms with Crippen molar-refractivity contribution in [2.24, 2.45) is 0 Å². The third-order valence-electron chi connectivity index (χ3n) is 2.15. The molecule has 0 spiro atoms. The van der Waals surface area contributed by atoms with E-state index in [9.17, 15) is 12.8 Å². The normalized spacial score (nSPS) is 11.3. The minimum absolute atomic E-state index is 0.0727. The fraction of sp³-hybridized carbons (Fsp3) is 0. The van der Waals surface area contributed by atoms with Gasteiger partial charge in [0.2, 0.25) is 0 Å². The lowest BCUT2D eigenvalue weighted by Crippen LogP contribution is -2.14. The molecule has 3 N–H and O–H groups in total. The lowest BCUT2D eigenvalue weighted by Gasteiger charge is -2.10. The summed E-state index contributed by atoms with van der Waals surface area (Å²) in [5.74, 6) is -0.700.